The Morgan fingerprint density at radius 1 is 0.667 bits per heavy atom. The van der Waals surface area contributed by atoms with E-state index >= 15 is 0 Å². The van der Waals surface area contributed by atoms with Crippen molar-refractivity contribution < 1.29 is 19.5 Å². The van der Waals surface area contributed by atoms with Gasteiger partial charge in [-0.05, 0) is 127 Å². The lowest BCUT2D eigenvalue weighted by Crippen LogP contribution is -2.28. The van der Waals surface area contributed by atoms with Gasteiger partial charge in [0.15, 0.2) is 0 Å². The average molecular weight is 955 g/mol. The molecule has 72 heavy (non-hydrogen) atoms. The number of fused-ring (bicyclic) bond motifs is 4. The molecule has 10 aromatic rings. The molecule has 356 valence electrons. The van der Waals surface area contributed by atoms with E-state index in [9.17, 15) is 19.5 Å². The fraction of sp³-hybridized carbons (Fsp3) is 0.167. The first-order valence-corrected chi connectivity index (χ1v) is 23.7. The van der Waals surface area contributed by atoms with Crippen molar-refractivity contribution in [3.05, 3.63) is 175 Å². The highest BCUT2D eigenvalue weighted by atomic mass is 16.3. The highest BCUT2D eigenvalue weighted by molar-refractivity contribution is 6.04. The van der Waals surface area contributed by atoms with Crippen molar-refractivity contribution >= 4 is 68.3 Å². The second-order valence-electron chi connectivity index (χ2n) is 18.1. The van der Waals surface area contributed by atoms with Gasteiger partial charge in [0.25, 0.3) is 11.8 Å². The average Bonchev–Trinajstić information content (AvgIpc) is 4.28. The van der Waals surface area contributed by atoms with E-state index in [1.54, 1.807) is 88.7 Å². The summed E-state index contributed by atoms with van der Waals surface area (Å²) in [5.74, 6) is -0.395. The number of rotatable bonds is 12. The SMILES string of the molecule is C=CC(O)Nc1cccc(C(=O)N2CC[C@@H](c3cc4c(-c5cnn6ncccc56)cc(/C=C/C(=O)Nc5ccc(C(=O)N6CC[C@@H](c7cc8c(-c9cnn%10ncccc9%10)ccnc8[nH]7)C6)cc5)nc4[nH]3)C2)c1. The second kappa shape index (κ2) is 18.2. The number of nitrogens with one attached hydrogen (secondary N) is 4. The van der Waals surface area contributed by atoms with Crippen LogP contribution in [-0.4, -0.2) is 115 Å². The highest BCUT2D eigenvalue weighted by Gasteiger charge is 2.31. The van der Waals surface area contributed by atoms with Crippen molar-refractivity contribution in [2.75, 3.05) is 36.8 Å². The first kappa shape index (κ1) is 44.0. The summed E-state index contributed by atoms with van der Waals surface area (Å²) in [5, 5.41) is 35.3. The quantitative estimate of drug-likeness (QED) is 0.0454. The number of benzene rings is 2. The van der Waals surface area contributed by atoms with Crippen molar-refractivity contribution in [3.63, 3.8) is 0 Å². The number of aliphatic hydroxyl groups excluding tert-OH is 1. The van der Waals surface area contributed by atoms with E-state index in [0.717, 1.165) is 73.9 Å². The van der Waals surface area contributed by atoms with Crippen LogP contribution in [0.3, 0.4) is 0 Å². The minimum atomic E-state index is -0.932. The minimum Gasteiger partial charge on any atom is -0.370 e. The molecule has 0 bridgehead atoms. The number of carbonyl (C=O) groups is 3. The molecule has 18 nitrogen and oxygen atoms in total. The van der Waals surface area contributed by atoms with Crippen LogP contribution < -0.4 is 10.6 Å². The third-order valence-electron chi connectivity index (χ3n) is 13.7. The third kappa shape index (κ3) is 8.28. The van der Waals surface area contributed by atoms with Gasteiger partial charge in [-0.1, -0.05) is 12.6 Å². The molecule has 10 heterocycles. The molecular formula is C54H46N14O4. The molecule has 8 aromatic heterocycles. The van der Waals surface area contributed by atoms with Crippen LogP contribution in [0.1, 0.15) is 62.5 Å². The molecule has 18 heteroatoms. The molecule has 3 amide bonds. The van der Waals surface area contributed by atoms with Crippen molar-refractivity contribution in [2.24, 2.45) is 0 Å². The van der Waals surface area contributed by atoms with Crippen molar-refractivity contribution in [3.8, 4) is 22.3 Å². The number of aromatic amines is 2. The Morgan fingerprint density at radius 2 is 1.31 bits per heavy atom. The van der Waals surface area contributed by atoms with Crippen LogP contribution in [0.15, 0.2) is 147 Å². The number of hydrogen-bond acceptors (Lipinski definition) is 11. The Kier molecular flexibility index (Phi) is 11.1. The maximum Gasteiger partial charge on any atom is 0.253 e. The van der Waals surface area contributed by atoms with Gasteiger partial charge in [0.2, 0.25) is 5.91 Å². The summed E-state index contributed by atoms with van der Waals surface area (Å²) in [5.41, 5.74) is 11.5. The van der Waals surface area contributed by atoms with Crippen LogP contribution >= 0.6 is 0 Å². The summed E-state index contributed by atoms with van der Waals surface area (Å²) in [7, 11) is 0. The predicted molar refractivity (Wildman–Crippen MR) is 273 cm³/mol. The number of hydrogen-bond donors (Lipinski definition) is 5. The molecule has 5 N–H and O–H groups in total. The number of anilines is 2. The van der Waals surface area contributed by atoms with Crippen molar-refractivity contribution in [1.29, 1.82) is 0 Å². The Balaban J connectivity index is 0.725. The normalized spacial score (nSPS) is 16.4. The van der Waals surface area contributed by atoms with Gasteiger partial charge < -0.3 is 35.5 Å². The molecule has 2 aromatic carbocycles. The number of carbonyl (C=O) groups excluding carboxylic acids is 3. The molecule has 0 spiro atoms. The largest absolute Gasteiger partial charge is 0.370 e. The van der Waals surface area contributed by atoms with Crippen LogP contribution in [0.25, 0.3) is 61.4 Å². The number of H-pyrrole nitrogens is 2. The summed E-state index contributed by atoms with van der Waals surface area (Å²) < 4.78 is 3.19. The zero-order valence-electron chi connectivity index (χ0n) is 38.7. The molecule has 12 rings (SSSR count). The van der Waals surface area contributed by atoms with Crippen molar-refractivity contribution in [2.45, 2.75) is 30.9 Å². The topological polar surface area (TPSA) is 220 Å². The summed E-state index contributed by atoms with van der Waals surface area (Å²) in [6.45, 7) is 5.85. The molecule has 2 aliphatic rings. The summed E-state index contributed by atoms with van der Waals surface area (Å²) in [4.78, 5) is 61.1. The van der Waals surface area contributed by atoms with E-state index in [4.69, 9.17) is 4.98 Å². The molecule has 2 saturated heterocycles. The van der Waals surface area contributed by atoms with Gasteiger partial charge in [0.05, 0.1) is 29.1 Å². The van der Waals surface area contributed by atoms with E-state index in [2.05, 4.69) is 64.7 Å². The number of amides is 3. The van der Waals surface area contributed by atoms with E-state index in [1.165, 1.54) is 12.2 Å². The Hall–Kier alpha value is -9.29. The molecule has 1 unspecified atom stereocenters. The Bertz CT molecular complexity index is 3780. The molecule has 2 aliphatic heterocycles. The fourth-order valence-corrected chi connectivity index (χ4v) is 10.0. The van der Waals surface area contributed by atoms with Gasteiger partial charge in [0.1, 0.15) is 17.5 Å². The van der Waals surface area contributed by atoms with Crippen LogP contribution in [0.5, 0.6) is 0 Å². The molecule has 0 aliphatic carbocycles. The maximum atomic E-state index is 13.8. The molecular weight excluding hydrogens is 909 g/mol. The van der Waals surface area contributed by atoms with E-state index < -0.39 is 6.23 Å². The lowest BCUT2D eigenvalue weighted by molar-refractivity contribution is -0.111. The molecule has 0 saturated carbocycles. The lowest BCUT2D eigenvalue weighted by atomic mass is 10.0. The zero-order valence-corrected chi connectivity index (χ0v) is 38.7. The number of aliphatic hydroxyl groups is 1. The number of likely N-dealkylation sites (tertiary alicyclic amines) is 2. The predicted octanol–water partition coefficient (Wildman–Crippen LogP) is 7.69. The van der Waals surface area contributed by atoms with Crippen LogP contribution in [0, 0.1) is 0 Å². The third-order valence-corrected chi connectivity index (χ3v) is 13.7. The summed E-state index contributed by atoms with van der Waals surface area (Å²) >= 11 is 0. The zero-order chi connectivity index (χ0) is 48.9. The summed E-state index contributed by atoms with van der Waals surface area (Å²) in [6, 6.07) is 29.9. The van der Waals surface area contributed by atoms with E-state index in [1.807, 2.05) is 52.4 Å². The Morgan fingerprint density at radius 3 is 1.99 bits per heavy atom. The van der Waals surface area contributed by atoms with Crippen molar-refractivity contribution in [1.82, 2.24) is 59.4 Å². The fourth-order valence-electron chi connectivity index (χ4n) is 10.0. The summed E-state index contributed by atoms with van der Waals surface area (Å²) in [6.07, 6.45) is 13.9. The second-order valence-corrected chi connectivity index (χ2v) is 18.1. The maximum absolute atomic E-state index is 13.8. The van der Waals surface area contributed by atoms with Crippen LogP contribution in [0.2, 0.25) is 0 Å². The molecule has 2 fully saturated rings. The molecule has 3 atom stereocenters. The lowest BCUT2D eigenvalue weighted by Gasteiger charge is -2.17. The standard InChI is InChI=1S/C54H46N14O4/c1-2-49(69)61-37-7-3-6-33(24-37)54(72)66-23-18-35(31-66)46-27-42-40(44-29-59-68-48(44)9-5-20-57-68)25-38(62-52(42)64-46)14-15-50(70)60-36-12-10-32(11-13-36)53(71)65-22-17-34(30-65)45-26-41-39(16-21-55-51(41)63-45)43-28-58-67-47(43)8-4-19-56-67/h2-16,19-21,24-29,34-35,49,61,69H,1,17-18,22-23,30-31H2,(H,55,63)(H,60,70)(H,62,64)/b15-14+/t34-,35-,49?/m1/s1. The van der Waals surface area contributed by atoms with Gasteiger partial charge >= 0.3 is 0 Å². The molecule has 0 radical (unpaired) electrons. The number of aromatic nitrogens is 10. The smallest absolute Gasteiger partial charge is 0.253 e. The van der Waals surface area contributed by atoms with Gasteiger partial charge in [-0.3, -0.25) is 14.4 Å². The Labute approximate surface area is 410 Å². The van der Waals surface area contributed by atoms with Crippen LogP contribution in [-0.2, 0) is 4.79 Å². The number of nitrogens with zero attached hydrogens (tertiary/aromatic N) is 10. The first-order chi connectivity index (χ1) is 35.2. The van der Waals surface area contributed by atoms with Gasteiger partial charge in [-0.25, -0.2) is 9.97 Å². The highest BCUT2D eigenvalue weighted by Crippen LogP contribution is 2.38. The first-order valence-electron chi connectivity index (χ1n) is 23.7. The van der Waals surface area contributed by atoms with Crippen LogP contribution in [0.4, 0.5) is 11.4 Å². The van der Waals surface area contributed by atoms with Gasteiger partial charge in [-0.15, -0.1) is 0 Å². The monoisotopic (exact) mass is 954 g/mol. The minimum absolute atomic E-state index is 0.0237. The van der Waals surface area contributed by atoms with E-state index in [-0.39, 0.29) is 29.6 Å². The van der Waals surface area contributed by atoms with Gasteiger partial charge in [0, 0.05) is 118 Å². The van der Waals surface area contributed by atoms with E-state index in [0.29, 0.717) is 60.0 Å². The number of pyridine rings is 2. The van der Waals surface area contributed by atoms with Gasteiger partial charge in [-0.2, -0.15) is 29.7 Å².